The summed E-state index contributed by atoms with van der Waals surface area (Å²) in [6, 6.07) is 0. The molecule has 0 unspecified atom stereocenters. The Balaban J connectivity index is 3.32. The van der Waals surface area contributed by atoms with Crippen molar-refractivity contribution in [3.05, 3.63) is 0 Å². The number of hydrogen-bond acceptors (Lipinski definition) is 2. The van der Waals surface area contributed by atoms with Gasteiger partial charge in [-0.25, -0.2) is 0 Å². The van der Waals surface area contributed by atoms with E-state index >= 15 is 0 Å². The molecule has 0 aromatic heterocycles. The lowest BCUT2D eigenvalue weighted by atomic mass is 10.1. The van der Waals surface area contributed by atoms with E-state index in [1.54, 1.807) is 0 Å². The summed E-state index contributed by atoms with van der Waals surface area (Å²) >= 11 is 0. The van der Waals surface area contributed by atoms with Gasteiger partial charge in [0.05, 0.1) is 0 Å². The second-order valence-electron chi connectivity index (χ2n) is 4.12. The molecule has 14 heavy (non-hydrogen) atoms. The van der Waals surface area contributed by atoms with Gasteiger partial charge in [-0.3, -0.25) is 4.99 Å². The summed E-state index contributed by atoms with van der Waals surface area (Å²) in [5, 5.41) is 0. The van der Waals surface area contributed by atoms with E-state index in [2.05, 4.69) is 25.8 Å². The van der Waals surface area contributed by atoms with Crippen LogP contribution in [0.5, 0.6) is 0 Å². The van der Waals surface area contributed by atoms with Crippen molar-refractivity contribution in [2.75, 3.05) is 19.8 Å². The van der Waals surface area contributed by atoms with Crippen molar-refractivity contribution in [2.45, 2.75) is 47.0 Å². The molecule has 0 atom stereocenters. The van der Waals surface area contributed by atoms with Gasteiger partial charge in [0, 0.05) is 25.5 Å². The fourth-order valence-electron chi connectivity index (χ4n) is 1.39. The monoisotopic (exact) mass is 199 g/mol. The predicted octanol–water partition coefficient (Wildman–Crippen LogP) is 3.31. The van der Waals surface area contributed by atoms with E-state index in [1.807, 2.05) is 6.92 Å². The van der Waals surface area contributed by atoms with Crippen LogP contribution in [0.15, 0.2) is 4.99 Å². The minimum absolute atomic E-state index is 0.724. The summed E-state index contributed by atoms with van der Waals surface area (Å²) in [6.45, 7) is 11.3. The molecule has 0 aliphatic rings. The minimum Gasteiger partial charge on any atom is -0.382 e. The third-order valence-corrected chi connectivity index (χ3v) is 1.99. The van der Waals surface area contributed by atoms with E-state index in [1.165, 1.54) is 5.71 Å². The lowest BCUT2D eigenvalue weighted by molar-refractivity contribution is 0.144. The lowest BCUT2D eigenvalue weighted by Crippen LogP contribution is -2.00. The predicted molar refractivity (Wildman–Crippen MR) is 63.2 cm³/mol. The molecule has 0 heterocycles. The fourth-order valence-corrected chi connectivity index (χ4v) is 1.39. The van der Waals surface area contributed by atoms with Gasteiger partial charge >= 0.3 is 0 Å². The first-order valence-electron chi connectivity index (χ1n) is 5.74. The lowest BCUT2D eigenvalue weighted by Gasteiger charge is -2.04. The van der Waals surface area contributed by atoms with E-state index in [0.29, 0.717) is 0 Å². The molecule has 0 aromatic carbocycles. The highest BCUT2D eigenvalue weighted by molar-refractivity contribution is 5.81. The molecule has 0 saturated carbocycles. The highest BCUT2D eigenvalue weighted by Crippen LogP contribution is 2.01. The van der Waals surface area contributed by atoms with Gasteiger partial charge in [0.25, 0.3) is 0 Å². The van der Waals surface area contributed by atoms with E-state index in [0.717, 1.165) is 44.9 Å². The second-order valence-corrected chi connectivity index (χ2v) is 4.12. The van der Waals surface area contributed by atoms with Gasteiger partial charge in [0.1, 0.15) is 0 Å². The van der Waals surface area contributed by atoms with Crippen LogP contribution >= 0.6 is 0 Å². The van der Waals surface area contributed by atoms with Crippen LogP contribution in [0.3, 0.4) is 0 Å². The minimum atomic E-state index is 0.724. The smallest absolute Gasteiger partial charge is 0.0466 e. The number of aliphatic imine (C=N–C) groups is 1. The van der Waals surface area contributed by atoms with Crippen molar-refractivity contribution in [3.63, 3.8) is 0 Å². The highest BCUT2D eigenvalue weighted by Gasteiger charge is 1.96. The Morgan fingerprint density at radius 1 is 1.29 bits per heavy atom. The third kappa shape index (κ3) is 9.72. The summed E-state index contributed by atoms with van der Waals surface area (Å²) in [4.78, 5) is 4.52. The number of hydrogen-bond donors (Lipinski definition) is 0. The Morgan fingerprint density at radius 2 is 2.00 bits per heavy atom. The van der Waals surface area contributed by atoms with Crippen LogP contribution in [-0.4, -0.2) is 25.5 Å². The maximum atomic E-state index is 5.26. The average Bonchev–Trinajstić information content (AvgIpc) is 2.10. The van der Waals surface area contributed by atoms with Gasteiger partial charge in [-0.05, 0) is 39.0 Å². The molecular formula is C12H25NO. The second kappa shape index (κ2) is 9.20. The molecule has 0 aromatic rings. The first kappa shape index (κ1) is 13.6. The van der Waals surface area contributed by atoms with Crippen LogP contribution in [0.4, 0.5) is 0 Å². The van der Waals surface area contributed by atoms with Gasteiger partial charge in [-0.1, -0.05) is 13.8 Å². The van der Waals surface area contributed by atoms with Crippen molar-refractivity contribution >= 4 is 5.71 Å². The zero-order valence-corrected chi connectivity index (χ0v) is 10.2. The Bertz CT molecular complexity index is 152. The van der Waals surface area contributed by atoms with Crippen LogP contribution < -0.4 is 0 Å². The topological polar surface area (TPSA) is 21.6 Å². The van der Waals surface area contributed by atoms with Crippen LogP contribution in [-0.2, 0) is 4.74 Å². The summed E-state index contributed by atoms with van der Waals surface area (Å²) in [5.74, 6) is 0.724. The van der Waals surface area contributed by atoms with E-state index in [-0.39, 0.29) is 0 Å². The zero-order chi connectivity index (χ0) is 10.8. The first-order valence-corrected chi connectivity index (χ1v) is 5.74. The van der Waals surface area contributed by atoms with Gasteiger partial charge in [0.2, 0.25) is 0 Å². The molecule has 2 heteroatoms. The number of ether oxygens (including phenoxy) is 1. The highest BCUT2D eigenvalue weighted by atomic mass is 16.5. The van der Waals surface area contributed by atoms with Crippen molar-refractivity contribution in [1.82, 2.24) is 0 Å². The van der Waals surface area contributed by atoms with E-state index in [9.17, 15) is 0 Å². The molecule has 0 rings (SSSR count). The largest absolute Gasteiger partial charge is 0.382 e. The van der Waals surface area contributed by atoms with Crippen molar-refractivity contribution in [3.8, 4) is 0 Å². The molecule has 0 bridgehead atoms. The number of rotatable bonds is 8. The Morgan fingerprint density at radius 3 is 2.57 bits per heavy atom. The Labute approximate surface area is 88.8 Å². The van der Waals surface area contributed by atoms with Crippen LogP contribution in [0.2, 0.25) is 0 Å². The Kier molecular flexibility index (Phi) is 8.95. The standard InChI is InChI=1S/C12H25NO/c1-5-14-9-7-6-8-13-12(4)10-11(2)3/h11H,5-10H2,1-4H3. The fraction of sp³-hybridized carbons (Fsp3) is 0.917. The van der Waals surface area contributed by atoms with E-state index in [4.69, 9.17) is 4.74 Å². The van der Waals surface area contributed by atoms with Crippen molar-refractivity contribution < 1.29 is 4.74 Å². The molecule has 0 aliphatic carbocycles. The van der Waals surface area contributed by atoms with Crippen LogP contribution in [0.25, 0.3) is 0 Å². The normalized spacial score (nSPS) is 12.5. The summed E-state index contributed by atoms with van der Waals surface area (Å²) in [7, 11) is 0. The molecule has 2 nitrogen and oxygen atoms in total. The van der Waals surface area contributed by atoms with Crippen molar-refractivity contribution in [1.29, 1.82) is 0 Å². The number of nitrogens with zero attached hydrogens (tertiary/aromatic N) is 1. The molecule has 0 aliphatic heterocycles. The van der Waals surface area contributed by atoms with Crippen LogP contribution in [0.1, 0.15) is 47.0 Å². The molecule has 84 valence electrons. The molecule has 0 N–H and O–H groups in total. The maximum absolute atomic E-state index is 5.26. The quantitative estimate of drug-likeness (QED) is 0.434. The van der Waals surface area contributed by atoms with Gasteiger partial charge in [-0.15, -0.1) is 0 Å². The average molecular weight is 199 g/mol. The molecule has 0 spiro atoms. The summed E-state index contributed by atoms with van der Waals surface area (Å²) in [6.07, 6.45) is 3.41. The molecule has 0 radical (unpaired) electrons. The third-order valence-electron chi connectivity index (χ3n) is 1.99. The summed E-state index contributed by atoms with van der Waals surface area (Å²) < 4.78 is 5.26. The van der Waals surface area contributed by atoms with Gasteiger partial charge in [0.15, 0.2) is 0 Å². The van der Waals surface area contributed by atoms with Gasteiger partial charge < -0.3 is 4.74 Å². The Hall–Kier alpha value is -0.370. The molecular weight excluding hydrogens is 174 g/mol. The SMILES string of the molecule is CCOCCCCN=C(C)CC(C)C. The maximum Gasteiger partial charge on any atom is 0.0466 e. The molecule has 0 fully saturated rings. The first-order chi connectivity index (χ1) is 6.66. The molecule has 0 amide bonds. The van der Waals surface area contributed by atoms with Crippen LogP contribution in [0, 0.1) is 5.92 Å². The van der Waals surface area contributed by atoms with Crippen molar-refractivity contribution in [2.24, 2.45) is 10.9 Å². The van der Waals surface area contributed by atoms with E-state index < -0.39 is 0 Å². The summed E-state index contributed by atoms with van der Waals surface area (Å²) in [5.41, 5.74) is 1.29. The number of unbranched alkanes of at least 4 members (excludes halogenated alkanes) is 1. The zero-order valence-electron chi connectivity index (χ0n) is 10.2. The van der Waals surface area contributed by atoms with Gasteiger partial charge in [-0.2, -0.15) is 0 Å². The molecule has 0 saturated heterocycles.